The normalized spacial score (nSPS) is 17.6. The topological polar surface area (TPSA) is 115 Å². The van der Waals surface area contributed by atoms with Crippen LogP contribution in [0.3, 0.4) is 0 Å². The summed E-state index contributed by atoms with van der Waals surface area (Å²) in [5.41, 5.74) is -1.93. The molecule has 1 heterocycles. The standard InChI is InChI=1S/C29H53N3O8/c1-11-37-23(33)13-12-22(26(36)40-29(8,9)10)32-18-16-30(20-24(34)38-27(2,3)4)14-15-31(17-19-32)21-25(35)39-28(5,6)7/h22H,11-21H2,1-10H3. The number of esters is 4. The summed E-state index contributed by atoms with van der Waals surface area (Å²) in [7, 11) is 0. The second-order valence-corrected chi connectivity index (χ2v) is 13.2. The summed E-state index contributed by atoms with van der Waals surface area (Å²) in [6.45, 7) is 21.4. The molecule has 0 aromatic carbocycles. The largest absolute Gasteiger partial charge is 0.466 e. The highest BCUT2D eigenvalue weighted by Gasteiger charge is 2.33. The molecular formula is C29H53N3O8. The number of hydrogen-bond donors (Lipinski definition) is 0. The first-order chi connectivity index (χ1) is 18.3. The predicted octanol–water partition coefficient (Wildman–Crippen LogP) is 2.64. The molecule has 0 spiro atoms. The van der Waals surface area contributed by atoms with Crippen molar-refractivity contribution < 1.29 is 38.1 Å². The van der Waals surface area contributed by atoms with Crippen molar-refractivity contribution in [3.63, 3.8) is 0 Å². The van der Waals surface area contributed by atoms with Crippen LogP contribution in [-0.2, 0) is 38.1 Å². The van der Waals surface area contributed by atoms with Crippen LogP contribution in [0.5, 0.6) is 0 Å². The van der Waals surface area contributed by atoms with Crippen LogP contribution in [0.4, 0.5) is 0 Å². The van der Waals surface area contributed by atoms with Crippen LogP contribution in [0.1, 0.15) is 82.1 Å². The molecule has 1 aliphatic heterocycles. The average molecular weight is 572 g/mol. The highest BCUT2D eigenvalue weighted by Crippen LogP contribution is 2.17. The van der Waals surface area contributed by atoms with E-state index in [9.17, 15) is 19.2 Å². The lowest BCUT2D eigenvalue weighted by molar-refractivity contribution is -0.163. The van der Waals surface area contributed by atoms with Gasteiger partial charge in [0, 0.05) is 45.7 Å². The van der Waals surface area contributed by atoms with E-state index in [1.165, 1.54) is 0 Å². The molecule has 1 unspecified atom stereocenters. The van der Waals surface area contributed by atoms with E-state index in [2.05, 4.69) is 0 Å². The zero-order valence-corrected chi connectivity index (χ0v) is 26.5. The maximum atomic E-state index is 13.4. The first-order valence-corrected chi connectivity index (χ1v) is 14.3. The van der Waals surface area contributed by atoms with Gasteiger partial charge in [-0.15, -0.1) is 0 Å². The maximum Gasteiger partial charge on any atom is 0.323 e. The van der Waals surface area contributed by atoms with Crippen molar-refractivity contribution in [2.45, 2.75) is 105 Å². The minimum Gasteiger partial charge on any atom is -0.466 e. The Kier molecular flexibility index (Phi) is 14.0. The zero-order valence-electron chi connectivity index (χ0n) is 26.5. The number of carbonyl (C=O) groups excluding carboxylic acids is 4. The Morgan fingerprint density at radius 3 is 1.40 bits per heavy atom. The van der Waals surface area contributed by atoms with Crippen LogP contribution in [-0.4, -0.2) is 120 Å². The Bertz CT molecular complexity index is 800. The van der Waals surface area contributed by atoms with Crippen LogP contribution in [0, 0.1) is 0 Å². The maximum absolute atomic E-state index is 13.4. The van der Waals surface area contributed by atoms with Crippen molar-refractivity contribution in [2.75, 3.05) is 59.0 Å². The third kappa shape index (κ3) is 16.1. The lowest BCUT2D eigenvalue weighted by Gasteiger charge is -2.33. The van der Waals surface area contributed by atoms with Gasteiger partial charge in [-0.1, -0.05) is 0 Å². The fraction of sp³-hybridized carbons (Fsp3) is 0.862. The molecule has 0 aromatic rings. The van der Waals surface area contributed by atoms with E-state index in [0.29, 0.717) is 39.3 Å². The molecule has 1 fully saturated rings. The molecule has 0 N–H and O–H groups in total. The Labute approximate surface area is 240 Å². The molecule has 11 nitrogen and oxygen atoms in total. The molecular weight excluding hydrogens is 518 g/mol. The monoisotopic (exact) mass is 571 g/mol. The number of carbonyl (C=O) groups is 4. The summed E-state index contributed by atoms with van der Waals surface area (Å²) in [5, 5.41) is 0. The van der Waals surface area contributed by atoms with E-state index in [1.807, 2.05) is 56.2 Å². The molecule has 1 atom stereocenters. The molecule has 1 saturated heterocycles. The molecule has 11 heteroatoms. The van der Waals surface area contributed by atoms with Gasteiger partial charge in [-0.2, -0.15) is 0 Å². The fourth-order valence-electron chi connectivity index (χ4n) is 4.21. The van der Waals surface area contributed by atoms with E-state index in [0.717, 1.165) is 0 Å². The van der Waals surface area contributed by atoms with E-state index < -0.39 is 28.8 Å². The lowest BCUT2D eigenvalue weighted by Crippen LogP contribution is -2.49. The first-order valence-electron chi connectivity index (χ1n) is 14.3. The van der Waals surface area contributed by atoms with Gasteiger partial charge < -0.3 is 18.9 Å². The summed E-state index contributed by atoms with van der Waals surface area (Å²) in [5.74, 6) is -1.49. The van der Waals surface area contributed by atoms with Crippen LogP contribution in [0.15, 0.2) is 0 Å². The Balaban J connectivity index is 3.21. The summed E-state index contributed by atoms with van der Waals surface area (Å²) >= 11 is 0. The highest BCUT2D eigenvalue weighted by molar-refractivity contribution is 5.78. The molecule has 1 rings (SSSR count). The van der Waals surface area contributed by atoms with E-state index in [-0.39, 0.29) is 50.4 Å². The van der Waals surface area contributed by atoms with Crippen LogP contribution < -0.4 is 0 Å². The van der Waals surface area contributed by atoms with E-state index >= 15 is 0 Å². The van der Waals surface area contributed by atoms with Gasteiger partial charge >= 0.3 is 23.9 Å². The summed E-state index contributed by atoms with van der Waals surface area (Å²) < 4.78 is 21.9. The molecule has 0 bridgehead atoms. The zero-order chi connectivity index (χ0) is 30.7. The van der Waals surface area contributed by atoms with Crippen molar-refractivity contribution in [1.29, 1.82) is 0 Å². The molecule has 1 aliphatic rings. The van der Waals surface area contributed by atoms with Gasteiger partial charge in [-0.3, -0.25) is 33.9 Å². The van der Waals surface area contributed by atoms with Crippen molar-refractivity contribution in [3.05, 3.63) is 0 Å². The van der Waals surface area contributed by atoms with Crippen LogP contribution in [0.25, 0.3) is 0 Å². The van der Waals surface area contributed by atoms with Crippen molar-refractivity contribution in [1.82, 2.24) is 14.7 Å². The number of rotatable bonds is 10. The second kappa shape index (κ2) is 15.7. The fourth-order valence-corrected chi connectivity index (χ4v) is 4.21. The molecule has 0 aromatic heterocycles. The molecule has 0 amide bonds. The third-order valence-corrected chi connectivity index (χ3v) is 5.73. The van der Waals surface area contributed by atoms with Crippen LogP contribution >= 0.6 is 0 Å². The Morgan fingerprint density at radius 1 is 0.625 bits per heavy atom. The summed E-state index contributed by atoms with van der Waals surface area (Å²) in [6, 6.07) is -0.700. The molecule has 0 aliphatic carbocycles. The number of nitrogens with zero attached hydrogens (tertiary/aromatic N) is 3. The second-order valence-electron chi connectivity index (χ2n) is 13.2. The van der Waals surface area contributed by atoms with Crippen molar-refractivity contribution in [3.8, 4) is 0 Å². The third-order valence-electron chi connectivity index (χ3n) is 5.73. The average Bonchev–Trinajstić information content (AvgIpc) is 2.82. The minimum absolute atomic E-state index is 0.0670. The summed E-state index contributed by atoms with van der Waals surface area (Å²) in [6.07, 6.45) is 0.295. The first kappa shape index (κ1) is 35.8. The Morgan fingerprint density at radius 2 is 1.02 bits per heavy atom. The molecule has 0 radical (unpaired) electrons. The van der Waals surface area contributed by atoms with Gasteiger partial charge in [0.25, 0.3) is 0 Å². The van der Waals surface area contributed by atoms with Crippen molar-refractivity contribution >= 4 is 23.9 Å². The van der Waals surface area contributed by atoms with Gasteiger partial charge in [0.1, 0.15) is 22.8 Å². The molecule has 232 valence electrons. The predicted molar refractivity (Wildman–Crippen MR) is 152 cm³/mol. The van der Waals surface area contributed by atoms with Gasteiger partial charge in [-0.05, 0) is 75.7 Å². The number of ether oxygens (including phenoxy) is 4. The highest BCUT2D eigenvalue weighted by atomic mass is 16.6. The van der Waals surface area contributed by atoms with Gasteiger partial charge in [-0.25, -0.2) is 0 Å². The molecule has 40 heavy (non-hydrogen) atoms. The number of hydrogen-bond acceptors (Lipinski definition) is 11. The van der Waals surface area contributed by atoms with Gasteiger partial charge in [0.05, 0.1) is 19.7 Å². The Hall–Kier alpha value is -2.24. The minimum atomic E-state index is -0.704. The van der Waals surface area contributed by atoms with E-state index in [4.69, 9.17) is 18.9 Å². The molecule has 0 saturated carbocycles. The van der Waals surface area contributed by atoms with Crippen LogP contribution in [0.2, 0.25) is 0 Å². The van der Waals surface area contributed by atoms with Crippen molar-refractivity contribution in [2.24, 2.45) is 0 Å². The summed E-state index contributed by atoms with van der Waals surface area (Å²) in [4.78, 5) is 56.7. The SMILES string of the molecule is CCOC(=O)CCC(C(=O)OC(C)(C)C)N1CCN(CC(=O)OC(C)(C)C)CCN(CC(=O)OC(C)(C)C)CC1. The quantitative estimate of drug-likeness (QED) is 0.285. The lowest BCUT2D eigenvalue weighted by atomic mass is 10.1. The van der Waals surface area contributed by atoms with Gasteiger partial charge in [0.2, 0.25) is 0 Å². The van der Waals surface area contributed by atoms with Gasteiger partial charge in [0.15, 0.2) is 0 Å². The smallest absolute Gasteiger partial charge is 0.323 e. The van der Waals surface area contributed by atoms with E-state index in [1.54, 1.807) is 27.7 Å².